The van der Waals surface area contributed by atoms with Gasteiger partial charge in [-0.1, -0.05) is 12.1 Å². The third-order valence-electron chi connectivity index (χ3n) is 3.29. The first-order chi connectivity index (χ1) is 9.35. The maximum atomic E-state index is 12.1. The molecule has 108 valence electrons. The Labute approximate surface area is 117 Å². The molecule has 1 atom stereocenters. The number of carboxylic acid groups (broad SMARTS) is 1. The molecule has 1 aliphatic rings. The van der Waals surface area contributed by atoms with Crippen LogP contribution in [-0.2, 0) is 16.0 Å². The maximum absolute atomic E-state index is 12.1. The molecule has 0 spiro atoms. The van der Waals surface area contributed by atoms with Crippen LogP contribution in [0.3, 0.4) is 0 Å². The van der Waals surface area contributed by atoms with Gasteiger partial charge < -0.3 is 15.2 Å². The van der Waals surface area contributed by atoms with Crippen LogP contribution >= 0.6 is 0 Å². The van der Waals surface area contributed by atoms with Gasteiger partial charge in [-0.05, 0) is 38.0 Å². The number of ether oxygens (including phenoxy) is 1. The van der Waals surface area contributed by atoms with Crippen LogP contribution in [0.5, 0.6) is 0 Å². The summed E-state index contributed by atoms with van der Waals surface area (Å²) in [5, 5.41) is 11.7. The smallest absolute Gasteiger partial charge is 0.307 e. The predicted molar refractivity (Wildman–Crippen MR) is 73.7 cm³/mol. The average molecular weight is 277 g/mol. The van der Waals surface area contributed by atoms with Crippen LogP contribution < -0.4 is 5.32 Å². The molecule has 1 aromatic rings. The van der Waals surface area contributed by atoms with Crippen molar-refractivity contribution in [2.75, 3.05) is 6.61 Å². The van der Waals surface area contributed by atoms with Crippen LogP contribution in [0.1, 0.15) is 36.2 Å². The summed E-state index contributed by atoms with van der Waals surface area (Å²) >= 11 is 0. The lowest BCUT2D eigenvalue weighted by Crippen LogP contribution is -2.35. The standard InChI is InChI=1S/C15H19NO4/c1-15(2)8-12(9-20-15)16-14(19)11-5-3-4-10(6-11)7-13(17)18/h3-6,12H,7-9H2,1-2H3,(H,16,19)(H,17,18). The summed E-state index contributed by atoms with van der Waals surface area (Å²) in [5.74, 6) is -1.10. The van der Waals surface area contributed by atoms with E-state index >= 15 is 0 Å². The first-order valence-corrected chi connectivity index (χ1v) is 6.61. The highest BCUT2D eigenvalue weighted by Gasteiger charge is 2.32. The van der Waals surface area contributed by atoms with E-state index in [0.717, 1.165) is 6.42 Å². The van der Waals surface area contributed by atoms with E-state index in [1.54, 1.807) is 24.3 Å². The van der Waals surface area contributed by atoms with E-state index in [2.05, 4.69) is 5.32 Å². The van der Waals surface area contributed by atoms with Crippen molar-refractivity contribution in [3.63, 3.8) is 0 Å². The molecule has 0 aromatic heterocycles. The van der Waals surface area contributed by atoms with E-state index in [1.165, 1.54) is 0 Å². The second-order valence-electron chi connectivity index (χ2n) is 5.72. The van der Waals surface area contributed by atoms with Crippen LogP contribution in [0.2, 0.25) is 0 Å². The number of hydrogen-bond acceptors (Lipinski definition) is 3. The number of nitrogens with one attached hydrogen (secondary N) is 1. The van der Waals surface area contributed by atoms with Crippen LogP contribution in [-0.4, -0.2) is 35.2 Å². The van der Waals surface area contributed by atoms with Gasteiger partial charge in [-0.3, -0.25) is 9.59 Å². The topological polar surface area (TPSA) is 75.6 Å². The third-order valence-corrected chi connectivity index (χ3v) is 3.29. The van der Waals surface area contributed by atoms with Gasteiger partial charge >= 0.3 is 5.97 Å². The van der Waals surface area contributed by atoms with Gasteiger partial charge in [0.1, 0.15) is 0 Å². The first-order valence-electron chi connectivity index (χ1n) is 6.61. The van der Waals surface area contributed by atoms with Gasteiger partial charge in [0.25, 0.3) is 5.91 Å². The summed E-state index contributed by atoms with van der Waals surface area (Å²) in [6.07, 6.45) is 0.689. The molecular weight excluding hydrogens is 258 g/mol. The van der Waals surface area contributed by atoms with Crippen molar-refractivity contribution < 1.29 is 19.4 Å². The Bertz CT molecular complexity index is 524. The van der Waals surface area contributed by atoms with Crippen molar-refractivity contribution in [3.8, 4) is 0 Å². The Balaban J connectivity index is 2.01. The summed E-state index contributed by atoms with van der Waals surface area (Å²) in [5.41, 5.74) is 0.893. The number of carboxylic acids is 1. The SMILES string of the molecule is CC1(C)CC(NC(=O)c2cccc(CC(=O)O)c2)CO1. The second-order valence-corrected chi connectivity index (χ2v) is 5.72. The van der Waals surface area contributed by atoms with Crippen molar-refractivity contribution in [1.82, 2.24) is 5.32 Å². The monoisotopic (exact) mass is 277 g/mol. The largest absolute Gasteiger partial charge is 0.481 e. The zero-order valence-electron chi connectivity index (χ0n) is 11.7. The molecule has 5 nitrogen and oxygen atoms in total. The molecular formula is C15H19NO4. The average Bonchev–Trinajstić information content (AvgIpc) is 2.68. The summed E-state index contributed by atoms with van der Waals surface area (Å²) in [6, 6.07) is 6.70. The maximum Gasteiger partial charge on any atom is 0.307 e. The number of rotatable bonds is 4. The molecule has 2 rings (SSSR count). The molecule has 1 fully saturated rings. The minimum Gasteiger partial charge on any atom is -0.481 e. The van der Waals surface area contributed by atoms with Crippen LogP contribution in [0.25, 0.3) is 0 Å². The van der Waals surface area contributed by atoms with Gasteiger partial charge in [-0.2, -0.15) is 0 Å². The van der Waals surface area contributed by atoms with Gasteiger partial charge in [0.15, 0.2) is 0 Å². The van der Waals surface area contributed by atoms with Crippen molar-refractivity contribution in [2.45, 2.75) is 38.3 Å². The van der Waals surface area contributed by atoms with Crippen molar-refractivity contribution in [2.24, 2.45) is 0 Å². The first kappa shape index (κ1) is 14.5. The molecule has 0 bridgehead atoms. The molecule has 1 heterocycles. The quantitative estimate of drug-likeness (QED) is 0.876. The Kier molecular flexibility index (Phi) is 4.09. The van der Waals surface area contributed by atoms with Crippen molar-refractivity contribution >= 4 is 11.9 Å². The number of carbonyl (C=O) groups excluding carboxylic acids is 1. The molecule has 0 radical (unpaired) electrons. The zero-order valence-corrected chi connectivity index (χ0v) is 11.7. The minimum atomic E-state index is -0.909. The number of hydrogen-bond donors (Lipinski definition) is 2. The molecule has 0 aliphatic carbocycles. The fourth-order valence-electron chi connectivity index (χ4n) is 2.40. The Hall–Kier alpha value is -1.88. The van der Waals surface area contributed by atoms with Gasteiger partial charge in [0.05, 0.1) is 24.7 Å². The molecule has 1 aromatic carbocycles. The molecule has 0 saturated carbocycles. The van der Waals surface area contributed by atoms with Crippen molar-refractivity contribution in [3.05, 3.63) is 35.4 Å². The lowest BCUT2D eigenvalue weighted by Gasteiger charge is -2.16. The zero-order chi connectivity index (χ0) is 14.8. The van der Waals surface area contributed by atoms with E-state index in [4.69, 9.17) is 9.84 Å². The van der Waals surface area contributed by atoms with Crippen LogP contribution in [0.4, 0.5) is 0 Å². The number of benzene rings is 1. The van der Waals surface area contributed by atoms with Crippen molar-refractivity contribution in [1.29, 1.82) is 0 Å². The summed E-state index contributed by atoms with van der Waals surface area (Å²) < 4.78 is 5.57. The molecule has 1 unspecified atom stereocenters. The lowest BCUT2D eigenvalue weighted by atomic mass is 10.0. The van der Waals surface area contributed by atoms with E-state index in [-0.39, 0.29) is 24.0 Å². The van der Waals surface area contributed by atoms with E-state index < -0.39 is 5.97 Å². The fourth-order valence-corrected chi connectivity index (χ4v) is 2.40. The summed E-state index contributed by atoms with van der Waals surface area (Å²) in [6.45, 7) is 4.49. The van der Waals surface area contributed by atoms with Gasteiger partial charge in [0, 0.05) is 5.56 Å². The highest BCUT2D eigenvalue weighted by molar-refractivity contribution is 5.94. The number of aliphatic carboxylic acids is 1. The van der Waals surface area contributed by atoms with E-state index in [9.17, 15) is 9.59 Å². The Morgan fingerprint density at radius 3 is 2.80 bits per heavy atom. The van der Waals surface area contributed by atoms with Crippen LogP contribution in [0.15, 0.2) is 24.3 Å². The lowest BCUT2D eigenvalue weighted by molar-refractivity contribution is -0.136. The minimum absolute atomic E-state index is 0.000583. The molecule has 2 N–H and O–H groups in total. The number of amides is 1. The Morgan fingerprint density at radius 1 is 1.45 bits per heavy atom. The van der Waals surface area contributed by atoms with Crippen LogP contribution in [0, 0.1) is 0 Å². The molecule has 5 heteroatoms. The molecule has 1 saturated heterocycles. The molecule has 1 amide bonds. The highest BCUT2D eigenvalue weighted by Crippen LogP contribution is 2.24. The molecule has 20 heavy (non-hydrogen) atoms. The van der Waals surface area contributed by atoms with E-state index in [1.807, 2.05) is 13.8 Å². The highest BCUT2D eigenvalue weighted by atomic mass is 16.5. The normalized spacial score (nSPS) is 20.6. The van der Waals surface area contributed by atoms with Gasteiger partial charge in [-0.15, -0.1) is 0 Å². The van der Waals surface area contributed by atoms with E-state index in [0.29, 0.717) is 17.7 Å². The van der Waals surface area contributed by atoms with Gasteiger partial charge in [-0.25, -0.2) is 0 Å². The third kappa shape index (κ3) is 3.81. The van der Waals surface area contributed by atoms with Gasteiger partial charge in [0.2, 0.25) is 0 Å². The predicted octanol–water partition coefficient (Wildman–Crippen LogP) is 1.61. The fraction of sp³-hybridized carbons (Fsp3) is 0.467. The second kappa shape index (κ2) is 5.63. The summed E-state index contributed by atoms with van der Waals surface area (Å²) in [7, 11) is 0. The number of carbonyl (C=O) groups is 2. The molecule has 1 aliphatic heterocycles. The Morgan fingerprint density at radius 2 is 2.20 bits per heavy atom. The summed E-state index contributed by atoms with van der Waals surface area (Å²) in [4.78, 5) is 22.8.